The highest BCUT2D eigenvalue weighted by molar-refractivity contribution is 7.17. The number of esters is 1. The van der Waals surface area contributed by atoms with Crippen molar-refractivity contribution in [1.29, 1.82) is 5.26 Å². The number of nitriles is 1. The molecule has 1 aliphatic rings. The Hall–Kier alpha value is -1.74. The normalized spacial score (nSPS) is 14.4. The summed E-state index contributed by atoms with van der Waals surface area (Å²) in [6.45, 7) is 3.73. The second-order valence-corrected chi connectivity index (χ2v) is 5.96. The van der Waals surface area contributed by atoms with E-state index in [9.17, 15) is 4.79 Å². The van der Waals surface area contributed by atoms with Gasteiger partial charge in [0.2, 0.25) is 0 Å². The highest BCUT2D eigenvalue weighted by Gasteiger charge is 2.28. The largest absolute Gasteiger partial charge is 0.465 e. The summed E-state index contributed by atoms with van der Waals surface area (Å²) in [7, 11) is 1.33. The Kier molecular flexibility index (Phi) is 4.50. The van der Waals surface area contributed by atoms with E-state index in [-0.39, 0.29) is 5.69 Å². The molecule has 0 unspecified atom stereocenters. The van der Waals surface area contributed by atoms with Crippen LogP contribution in [0.25, 0.3) is 0 Å². The number of rotatable bonds is 5. The highest BCUT2D eigenvalue weighted by atomic mass is 32.1. The lowest BCUT2D eigenvalue weighted by molar-refractivity contribution is 0.0603. The molecule has 0 aromatic carbocycles. The van der Waals surface area contributed by atoms with Crippen LogP contribution in [0.15, 0.2) is 0 Å². The van der Waals surface area contributed by atoms with Crippen LogP contribution in [0.2, 0.25) is 0 Å². The molecule has 1 heterocycles. The van der Waals surface area contributed by atoms with Gasteiger partial charge in [-0.15, -0.1) is 11.3 Å². The minimum absolute atomic E-state index is 0.242. The molecule has 0 atom stereocenters. The fourth-order valence-electron chi connectivity index (χ4n) is 2.38. The SMILES string of the molecule is CCN(CC1CCC1)c1sc(C#N)c(N)c1C(=O)OC. The molecular weight excluding hydrogens is 274 g/mol. The van der Waals surface area contributed by atoms with E-state index in [4.69, 9.17) is 15.7 Å². The molecule has 1 fully saturated rings. The molecule has 5 nitrogen and oxygen atoms in total. The minimum atomic E-state index is -0.470. The number of methoxy groups -OCH3 is 1. The van der Waals surface area contributed by atoms with Gasteiger partial charge in [0.05, 0.1) is 12.8 Å². The third-order valence-corrected chi connectivity index (χ3v) is 4.96. The van der Waals surface area contributed by atoms with Crippen molar-refractivity contribution in [2.75, 3.05) is 30.8 Å². The van der Waals surface area contributed by atoms with Gasteiger partial charge < -0.3 is 15.4 Å². The van der Waals surface area contributed by atoms with Gasteiger partial charge in [0.25, 0.3) is 0 Å². The fourth-order valence-corrected chi connectivity index (χ4v) is 3.46. The van der Waals surface area contributed by atoms with E-state index < -0.39 is 5.97 Å². The molecule has 6 heteroatoms. The Morgan fingerprint density at radius 1 is 1.60 bits per heavy atom. The number of hydrogen-bond donors (Lipinski definition) is 1. The lowest BCUT2D eigenvalue weighted by Gasteiger charge is -2.32. The summed E-state index contributed by atoms with van der Waals surface area (Å²) < 4.78 is 4.81. The quantitative estimate of drug-likeness (QED) is 0.844. The molecule has 108 valence electrons. The first kappa shape index (κ1) is 14.7. The number of anilines is 2. The van der Waals surface area contributed by atoms with Gasteiger partial charge in [-0.1, -0.05) is 6.42 Å². The van der Waals surface area contributed by atoms with E-state index in [1.54, 1.807) is 0 Å². The molecular formula is C14H19N3O2S. The average Bonchev–Trinajstić information content (AvgIpc) is 2.74. The lowest BCUT2D eigenvalue weighted by atomic mass is 9.85. The lowest BCUT2D eigenvalue weighted by Crippen LogP contribution is -2.32. The van der Waals surface area contributed by atoms with Gasteiger partial charge in [-0.05, 0) is 25.7 Å². The number of nitrogens with two attached hydrogens (primary N) is 1. The van der Waals surface area contributed by atoms with Crippen LogP contribution in [0.1, 0.15) is 41.4 Å². The van der Waals surface area contributed by atoms with Gasteiger partial charge in [0.15, 0.2) is 0 Å². The van der Waals surface area contributed by atoms with Crippen molar-refractivity contribution in [2.45, 2.75) is 26.2 Å². The van der Waals surface area contributed by atoms with Crippen molar-refractivity contribution in [3.05, 3.63) is 10.4 Å². The predicted octanol–water partition coefficient (Wildman–Crippen LogP) is 2.61. The molecule has 0 aliphatic heterocycles. The molecule has 0 radical (unpaired) electrons. The van der Waals surface area contributed by atoms with Crippen LogP contribution in [0.5, 0.6) is 0 Å². The highest BCUT2D eigenvalue weighted by Crippen LogP contribution is 2.39. The summed E-state index contributed by atoms with van der Waals surface area (Å²) >= 11 is 1.28. The summed E-state index contributed by atoms with van der Waals surface area (Å²) in [5.74, 6) is 0.205. The van der Waals surface area contributed by atoms with Gasteiger partial charge in [-0.3, -0.25) is 0 Å². The second-order valence-electron chi connectivity index (χ2n) is 4.96. The number of nitrogen functional groups attached to an aromatic ring is 1. The number of carbonyl (C=O) groups excluding carboxylic acids is 1. The van der Waals surface area contributed by atoms with Gasteiger partial charge >= 0.3 is 5.97 Å². The van der Waals surface area contributed by atoms with E-state index in [1.165, 1.54) is 37.7 Å². The molecule has 1 saturated carbocycles. The summed E-state index contributed by atoms with van der Waals surface area (Å²) in [6, 6.07) is 2.05. The van der Waals surface area contributed by atoms with Gasteiger partial charge in [-0.25, -0.2) is 4.79 Å². The Balaban J connectivity index is 2.36. The Bertz CT molecular complexity index is 543. The first-order valence-corrected chi connectivity index (χ1v) is 7.59. The van der Waals surface area contributed by atoms with Crippen molar-refractivity contribution in [2.24, 2.45) is 5.92 Å². The van der Waals surface area contributed by atoms with Crippen molar-refractivity contribution in [3.63, 3.8) is 0 Å². The summed E-state index contributed by atoms with van der Waals surface area (Å²) in [5.41, 5.74) is 6.51. The van der Waals surface area contributed by atoms with Crippen LogP contribution in [0, 0.1) is 17.2 Å². The van der Waals surface area contributed by atoms with Crippen LogP contribution in [-0.4, -0.2) is 26.2 Å². The molecule has 0 saturated heterocycles. The molecule has 0 spiro atoms. The van der Waals surface area contributed by atoms with Crippen molar-refractivity contribution >= 4 is 28.0 Å². The van der Waals surface area contributed by atoms with Crippen LogP contribution < -0.4 is 10.6 Å². The Morgan fingerprint density at radius 3 is 2.75 bits per heavy atom. The molecule has 0 amide bonds. The van der Waals surface area contributed by atoms with Crippen molar-refractivity contribution < 1.29 is 9.53 Å². The zero-order valence-corrected chi connectivity index (χ0v) is 12.6. The summed E-state index contributed by atoms with van der Waals surface area (Å²) in [4.78, 5) is 14.5. The molecule has 1 aliphatic carbocycles. The van der Waals surface area contributed by atoms with E-state index in [0.717, 1.165) is 18.1 Å². The maximum atomic E-state index is 11.9. The predicted molar refractivity (Wildman–Crippen MR) is 80.0 cm³/mol. The van der Waals surface area contributed by atoms with Crippen LogP contribution >= 0.6 is 11.3 Å². The maximum Gasteiger partial charge on any atom is 0.343 e. The van der Waals surface area contributed by atoms with Gasteiger partial charge in [0.1, 0.15) is 21.5 Å². The first-order valence-electron chi connectivity index (χ1n) is 6.77. The molecule has 20 heavy (non-hydrogen) atoms. The van der Waals surface area contributed by atoms with Crippen molar-refractivity contribution in [1.82, 2.24) is 0 Å². The zero-order chi connectivity index (χ0) is 14.7. The topological polar surface area (TPSA) is 79.4 Å². The number of ether oxygens (including phenoxy) is 1. The number of carbonyl (C=O) groups is 1. The summed E-state index contributed by atoms with van der Waals surface area (Å²) in [6.07, 6.45) is 3.74. The number of thiophene rings is 1. The van der Waals surface area contributed by atoms with Crippen molar-refractivity contribution in [3.8, 4) is 6.07 Å². The van der Waals surface area contributed by atoms with Crippen LogP contribution in [0.3, 0.4) is 0 Å². The van der Waals surface area contributed by atoms with Gasteiger partial charge in [0, 0.05) is 13.1 Å². The monoisotopic (exact) mass is 293 g/mol. The van der Waals surface area contributed by atoms with Gasteiger partial charge in [-0.2, -0.15) is 5.26 Å². The molecule has 2 rings (SSSR count). The average molecular weight is 293 g/mol. The summed E-state index contributed by atoms with van der Waals surface area (Å²) in [5, 5.41) is 9.88. The third-order valence-electron chi connectivity index (χ3n) is 3.79. The molecule has 2 N–H and O–H groups in total. The molecule has 0 bridgehead atoms. The Labute approximate surface area is 122 Å². The molecule has 1 aromatic rings. The molecule has 1 aromatic heterocycles. The fraction of sp³-hybridized carbons (Fsp3) is 0.571. The Morgan fingerprint density at radius 2 is 2.30 bits per heavy atom. The maximum absolute atomic E-state index is 11.9. The van der Waals surface area contributed by atoms with Crippen LogP contribution in [0.4, 0.5) is 10.7 Å². The van der Waals surface area contributed by atoms with E-state index in [2.05, 4.69) is 11.0 Å². The number of nitrogens with zero attached hydrogens (tertiary/aromatic N) is 2. The van der Waals surface area contributed by atoms with Crippen LogP contribution in [-0.2, 0) is 4.74 Å². The smallest absolute Gasteiger partial charge is 0.343 e. The second kappa shape index (κ2) is 6.14. The zero-order valence-electron chi connectivity index (χ0n) is 11.8. The van der Waals surface area contributed by atoms with E-state index in [1.807, 2.05) is 6.92 Å². The first-order chi connectivity index (χ1) is 9.62. The van der Waals surface area contributed by atoms with E-state index >= 15 is 0 Å². The standard InChI is InChI=1S/C14H19N3O2S/c1-3-17(8-9-5-4-6-9)13-11(14(18)19-2)12(16)10(7-15)20-13/h9H,3-6,8,16H2,1-2H3. The number of hydrogen-bond acceptors (Lipinski definition) is 6. The minimum Gasteiger partial charge on any atom is -0.465 e. The van der Waals surface area contributed by atoms with E-state index in [0.29, 0.717) is 16.4 Å². The third kappa shape index (κ3) is 2.59.